The molecule has 0 amide bonds. The van der Waals surface area contributed by atoms with Gasteiger partial charge in [0.25, 0.3) is 5.56 Å². The van der Waals surface area contributed by atoms with Crippen LogP contribution in [0.25, 0.3) is 22.6 Å². The third-order valence-corrected chi connectivity index (χ3v) is 5.72. The molecular formula is C20H12N8O4. The van der Waals surface area contributed by atoms with Crippen molar-refractivity contribution in [2.24, 2.45) is 4.99 Å². The molecule has 32 heavy (non-hydrogen) atoms. The zero-order valence-electron chi connectivity index (χ0n) is 16.1. The zero-order valence-corrected chi connectivity index (χ0v) is 16.1. The van der Waals surface area contributed by atoms with E-state index in [4.69, 9.17) is 9.47 Å². The summed E-state index contributed by atoms with van der Waals surface area (Å²) in [5, 5.41) is 0. The number of nitrogens with zero attached hydrogens (tertiary/aromatic N) is 4. The van der Waals surface area contributed by atoms with Crippen LogP contribution >= 0.6 is 0 Å². The molecule has 0 bridgehead atoms. The van der Waals surface area contributed by atoms with Gasteiger partial charge in [0, 0.05) is 11.5 Å². The molecule has 1 unspecified atom stereocenters. The van der Waals surface area contributed by atoms with Crippen molar-refractivity contribution in [3.8, 4) is 22.8 Å². The molecule has 6 heterocycles. The molecule has 4 aliphatic rings. The van der Waals surface area contributed by atoms with E-state index in [1.807, 2.05) is 12.1 Å². The molecule has 4 N–H and O–H groups in total. The molecule has 156 valence electrons. The van der Waals surface area contributed by atoms with Crippen LogP contribution in [-0.4, -0.2) is 41.7 Å². The summed E-state index contributed by atoms with van der Waals surface area (Å²) in [6, 6.07) is 5.48. The summed E-state index contributed by atoms with van der Waals surface area (Å²) in [6.45, 7) is 0.127. The molecule has 2 aromatic heterocycles. The van der Waals surface area contributed by atoms with Gasteiger partial charge in [-0.15, -0.1) is 0 Å². The number of nitrogens with one attached hydrogen (secondary N) is 4. The first-order valence-electron chi connectivity index (χ1n) is 9.68. The van der Waals surface area contributed by atoms with Crippen LogP contribution < -0.4 is 26.2 Å². The number of pyridine rings is 1. The Kier molecular flexibility index (Phi) is 3.14. The third-order valence-electron chi connectivity index (χ3n) is 5.72. The van der Waals surface area contributed by atoms with Crippen molar-refractivity contribution in [3.63, 3.8) is 0 Å². The lowest BCUT2D eigenvalue weighted by atomic mass is 9.82. The van der Waals surface area contributed by atoms with Gasteiger partial charge in [-0.05, 0) is 17.7 Å². The number of aromatic amines is 4. The molecule has 0 saturated heterocycles. The van der Waals surface area contributed by atoms with Crippen LogP contribution in [0.15, 0.2) is 45.4 Å². The summed E-state index contributed by atoms with van der Waals surface area (Å²) in [4.78, 5) is 53.7. The van der Waals surface area contributed by atoms with Crippen molar-refractivity contribution in [3.05, 3.63) is 73.9 Å². The predicted octanol–water partition coefficient (Wildman–Crippen LogP) is 0.617. The van der Waals surface area contributed by atoms with Crippen LogP contribution in [0.1, 0.15) is 22.6 Å². The molecule has 0 saturated carbocycles. The highest BCUT2D eigenvalue weighted by molar-refractivity contribution is 5.89. The highest BCUT2D eigenvalue weighted by atomic mass is 16.7. The average Bonchev–Trinajstić information content (AvgIpc) is 3.26. The molecule has 12 nitrogen and oxygen atoms in total. The van der Waals surface area contributed by atoms with Crippen LogP contribution in [-0.2, 0) is 0 Å². The summed E-state index contributed by atoms with van der Waals surface area (Å²) in [7, 11) is 0. The number of H-pyrrole nitrogens is 4. The summed E-state index contributed by atoms with van der Waals surface area (Å²) >= 11 is 0. The number of fused-ring (bicyclic) bond motifs is 4. The van der Waals surface area contributed by atoms with Gasteiger partial charge >= 0.3 is 5.69 Å². The molecule has 0 fully saturated rings. The van der Waals surface area contributed by atoms with Gasteiger partial charge < -0.3 is 19.4 Å². The van der Waals surface area contributed by atoms with Gasteiger partial charge in [-0.25, -0.2) is 24.7 Å². The molecule has 1 atom stereocenters. The second kappa shape index (κ2) is 5.91. The van der Waals surface area contributed by atoms with Gasteiger partial charge in [-0.1, -0.05) is 6.07 Å². The minimum Gasteiger partial charge on any atom is -0.454 e. The summed E-state index contributed by atoms with van der Waals surface area (Å²) in [6.07, 6.45) is 2.94. The van der Waals surface area contributed by atoms with Gasteiger partial charge in [-0.3, -0.25) is 14.8 Å². The Morgan fingerprint density at radius 2 is 1.88 bits per heavy atom. The number of aromatic nitrogens is 7. The van der Waals surface area contributed by atoms with Crippen molar-refractivity contribution in [2.75, 3.05) is 6.79 Å². The number of rotatable bonds is 1. The fourth-order valence-corrected chi connectivity index (χ4v) is 4.43. The molecule has 12 heteroatoms. The fraction of sp³-hybridized carbons (Fsp3) is 0.100. The fourth-order valence-electron chi connectivity index (χ4n) is 4.43. The number of hydrogen-bond donors (Lipinski definition) is 4. The minimum absolute atomic E-state index is 0.127. The Morgan fingerprint density at radius 3 is 2.81 bits per heavy atom. The third kappa shape index (κ3) is 2.20. The monoisotopic (exact) mass is 428 g/mol. The normalized spacial score (nSPS) is 16.1. The van der Waals surface area contributed by atoms with Crippen molar-refractivity contribution in [1.29, 1.82) is 0 Å². The first-order valence-corrected chi connectivity index (χ1v) is 9.68. The number of hydrogen-bond acceptors (Lipinski definition) is 8. The van der Waals surface area contributed by atoms with Gasteiger partial charge in [-0.2, -0.15) is 0 Å². The molecule has 0 spiro atoms. The van der Waals surface area contributed by atoms with E-state index in [1.54, 1.807) is 6.07 Å². The van der Waals surface area contributed by atoms with Crippen LogP contribution in [0.5, 0.6) is 11.5 Å². The Balaban J connectivity index is 1.65. The molecule has 0 radical (unpaired) electrons. The maximum atomic E-state index is 13.0. The topological polar surface area (TPSA) is 167 Å². The van der Waals surface area contributed by atoms with Gasteiger partial charge in [0.2, 0.25) is 6.79 Å². The minimum atomic E-state index is -0.637. The molecule has 4 aliphatic heterocycles. The summed E-state index contributed by atoms with van der Waals surface area (Å²) in [5.41, 5.74) is 3.44. The van der Waals surface area contributed by atoms with Crippen LogP contribution in [0, 0.1) is 0 Å². The highest BCUT2D eigenvalue weighted by Crippen LogP contribution is 2.43. The van der Waals surface area contributed by atoms with Crippen molar-refractivity contribution in [2.45, 2.75) is 5.92 Å². The van der Waals surface area contributed by atoms with Crippen LogP contribution in [0.4, 0.5) is 5.82 Å². The van der Waals surface area contributed by atoms with E-state index in [0.717, 1.165) is 5.56 Å². The first-order chi connectivity index (χ1) is 15.7. The van der Waals surface area contributed by atoms with Crippen molar-refractivity contribution in [1.82, 2.24) is 34.9 Å². The SMILES string of the molecule is O=c1[nH]c2c(c(=O)[nH]1)C(c1ccc3c(c1)OCO3)c1c3[nH]cnc4ncnc([nH]c1=N2)c4-3. The Bertz CT molecular complexity index is 1730. The van der Waals surface area contributed by atoms with E-state index >= 15 is 0 Å². The van der Waals surface area contributed by atoms with Gasteiger partial charge in [0.15, 0.2) is 17.1 Å². The lowest BCUT2D eigenvalue weighted by molar-refractivity contribution is 0.174. The maximum absolute atomic E-state index is 13.0. The second-order valence-electron chi connectivity index (χ2n) is 7.41. The van der Waals surface area contributed by atoms with E-state index in [9.17, 15) is 9.59 Å². The summed E-state index contributed by atoms with van der Waals surface area (Å²) in [5.74, 6) is 0.786. The zero-order chi connectivity index (χ0) is 21.4. The largest absolute Gasteiger partial charge is 0.454 e. The lowest BCUT2D eigenvalue weighted by Crippen LogP contribution is -2.34. The molecule has 1 aromatic carbocycles. The second-order valence-corrected chi connectivity index (χ2v) is 7.41. The highest BCUT2D eigenvalue weighted by Gasteiger charge is 2.34. The van der Waals surface area contributed by atoms with Crippen LogP contribution in [0.3, 0.4) is 0 Å². The molecular weight excluding hydrogens is 416 g/mol. The smallest absolute Gasteiger partial charge is 0.327 e. The van der Waals surface area contributed by atoms with E-state index in [1.165, 1.54) is 12.7 Å². The van der Waals surface area contributed by atoms with E-state index < -0.39 is 17.2 Å². The predicted molar refractivity (Wildman–Crippen MR) is 109 cm³/mol. The Morgan fingerprint density at radius 1 is 0.969 bits per heavy atom. The van der Waals surface area contributed by atoms with E-state index in [0.29, 0.717) is 50.7 Å². The lowest BCUT2D eigenvalue weighted by Gasteiger charge is -2.26. The van der Waals surface area contributed by atoms with Crippen molar-refractivity contribution >= 4 is 17.1 Å². The van der Waals surface area contributed by atoms with E-state index in [2.05, 4.69) is 39.9 Å². The average molecular weight is 428 g/mol. The molecule has 3 aromatic rings. The first kappa shape index (κ1) is 17.0. The van der Waals surface area contributed by atoms with Gasteiger partial charge in [0.1, 0.15) is 23.3 Å². The molecule has 7 rings (SSSR count). The standard InChI is InChI=1S/C20H12N8O4/c29-19-12-10(7-1-2-8-9(3-7)32-6-31-8)11-14-13-15(22-4-21-14)23-5-24-16(13)25-17(11)26-18(12)27-20(30)28-19/h1-5,10H,6H2,(H4,21,22,23,24,25,26,27,28,29,30). The van der Waals surface area contributed by atoms with Gasteiger partial charge in [0.05, 0.1) is 23.1 Å². The summed E-state index contributed by atoms with van der Waals surface area (Å²) < 4.78 is 11.0. The molecule has 0 aliphatic carbocycles. The number of ether oxygens (including phenoxy) is 2. The Hall–Kier alpha value is -4.74. The Labute approximate surface area is 176 Å². The van der Waals surface area contributed by atoms with Crippen LogP contribution in [0.2, 0.25) is 0 Å². The van der Waals surface area contributed by atoms with E-state index in [-0.39, 0.29) is 12.6 Å². The van der Waals surface area contributed by atoms with Crippen molar-refractivity contribution < 1.29 is 9.47 Å². The maximum Gasteiger partial charge on any atom is 0.327 e. The number of benzene rings is 1. The quantitative estimate of drug-likeness (QED) is 0.298.